The highest BCUT2D eigenvalue weighted by molar-refractivity contribution is 5.97. The summed E-state index contributed by atoms with van der Waals surface area (Å²) in [7, 11) is 2.95. The molecular formula is C20H30N2O5. The van der Waals surface area contributed by atoms with Gasteiger partial charge >= 0.3 is 5.97 Å². The van der Waals surface area contributed by atoms with Crippen LogP contribution in [0.1, 0.15) is 49.4 Å². The van der Waals surface area contributed by atoms with Crippen molar-refractivity contribution in [3.63, 3.8) is 0 Å². The molecule has 1 aliphatic rings. The first kappa shape index (κ1) is 21.2. The lowest BCUT2D eigenvalue weighted by Gasteiger charge is -2.33. The number of ether oxygens (including phenoxy) is 2. The van der Waals surface area contributed by atoms with Crippen molar-refractivity contribution in [1.29, 1.82) is 0 Å². The zero-order valence-electron chi connectivity index (χ0n) is 16.4. The third-order valence-electron chi connectivity index (χ3n) is 4.90. The Labute approximate surface area is 160 Å². The maximum absolute atomic E-state index is 12.7. The second-order valence-electron chi connectivity index (χ2n) is 6.98. The summed E-state index contributed by atoms with van der Waals surface area (Å²) in [6.45, 7) is 3.97. The van der Waals surface area contributed by atoms with Crippen molar-refractivity contribution in [2.75, 3.05) is 38.8 Å². The molecule has 1 fully saturated rings. The minimum absolute atomic E-state index is 0.0491. The number of rotatable bonds is 8. The van der Waals surface area contributed by atoms with Crippen LogP contribution < -0.4 is 15.0 Å². The molecule has 150 valence electrons. The van der Waals surface area contributed by atoms with E-state index in [0.717, 1.165) is 12.8 Å². The van der Waals surface area contributed by atoms with E-state index in [1.165, 1.54) is 12.0 Å². The van der Waals surface area contributed by atoms with Gasteiger partial charge < -0.3 is 24.8 Å². The number of carbonyl (C=O) groups excluding carboxylic acids is 2. The van der Waals surface area contributed by atoms with Crippen LogP contribution in [-0.2, 0) is 9.53 Å². The number of unbranched alkanes of at least 4 members (excludes halogenated alkanes) is 1. The van der Waals surface area contributed by atoms with Crippen LogP contribution in [0.25, 0.3) is 0 Å². The summed E-state index contributed by atoms with van der Waals surface area (Å²) in [4.78, 5) is 26.2. The summed E-state index contributed by atoms with van der Waals surface area (Å²) in [5, 5.41) is 13.8. The van der Waals surface area contributed by atoms with Crippen LogP contribution in [0.5, 0.6) is 5.75 Å². The first-order valence-electron chi connectivity index (χ1n) is 9.45. The first-order valence-corrected chi connectivity index (χ1v) is 9.45. The number of nitrogens with one attached hydrogen (secondary N) is 1. The van der Waals surface area contributed by atoms with E-state index in [2.05, 4.69) is 12.2 Å². The van der Waals surface area contributed by atoms with Gasteiger partial charge in [-0.05, 0) is 50.6 Å². The molecule has 0 radical (unpaired) electrons. The summed E-state index contributed by atoms with van der Waals surface area (Å²) in [5.74, 6) is -0.270. The molecule has 1 amide bonds. The number of hydrogen-bond acceptors (Lipinski definition) is 6. The van der Waals surface area contributed by atoms with Gasteiger partial charge in [-0.15, -0.1) is 0 Å². The van der Waals surface area contributed by atoms with Crippen LogP contribution in [0.15, 0.2) is 18.2 Å². The van der Waals surface area contributed by atoms with E-state index in [-0.39, 0.29) is 17.9 Å². The minimum Gasteiger partial charge on any atom is -0.493 e. The van der Waals surface area contributed by atoms with Crippen LogP contribution in [-0.4, -0.2) is 56.4 Å². The van der Waals surface area contributed by atoms with Crippen molar-refractivity contribution < 1.29 is 24.2 Å². The van der Waals surface area contributed by atoms with Gasteiger partial charge in [-0.2, -0.15) is 0 Å². The Hall–Kier alpha value is -2.12. The summed E-state index contributed by atoms with van der Waals surface area (Å²) in [5.41, 5.74) is -0.141. The molecule has 27 heavy (non-hydrogen) atoms. The fraction of sp³-hybridized carbons (Fsp3) is 0.600. The molecule has 7 nitrogen and oxygen atoms in total. The highest BCUT2D eigenvalue weighted by atomic mass is 16.5. The zero-order chi connectivity index (χ0) is 19.9. The van der Waals surface area contributed by atoms with E-state index in [0.29, 0.717) is 44.0 Å². The smallest absolute Gasteiger partial charge is 0.341 e. The number of esters is 1. The van der Waals surface area contributed by atoms with Crippen LogP contribution in [0, 0.1) is 0 Å². The van der Waals surface area contributed by atoms with Gasteiger partial charge in [0.2, 0.25) is 5.91 Å². The maximum Gasteiger partial charge on any atom is 0.341 e. The molecule has 0 atom stereocenters. The van der Waals surface area contributed by atoms with Crippen molar-refractivity contribution in [2.24, 2.45) is 0 Å². The molecule has 0 bridgehead atoms. The molecule has 1 aromatic carbocycles. The van der Waals surface area contributed by atoms with Crippen molar-refractivity contribution in [3.05, 3.63) is 23.8 Å². The Morgan fingerprint density at radius 1 is 1.30 bits per heavy atom. The van der Waals surface area contributed by atoms with Crippen molar-refractivity contribution in [1.82, 2.24) is 5.32 Å². The zero-order valence-corrected chi connectivity index (χ0v) is 16.4. The van der Waals surface area contributed by atoms with Crippen LogP contribution in [0.4, 0.5) is 5.69 Å². The normalized spacial score (nSPS) is 15.9. The predicted molar refractivity (Wildman–Crippen MR) is 103 cm³/mol. The average molecular weight is 378 g/mol. The lowest BCUT2D eigenvalue weighted by atomic mass is 9.88. The maximum atomic E-state index is 12.7. The quantitative estimate of drug-likeness (QED) is 0.532. The van der Waals surface area contributed by atoms with Gasteiger partial charge in [0.1, 0.15) is 11.3 Å². The third-order valence-corrected chi connectivity index (χ3v) is 4.90. The van der Waals surface area contributed by atoms with Gasteiger partial charge in [0.25, 0.3) is 0 Å². The number of amides is 1. The number of hydrogen-bond donors (Lipinski definition) is 2. The van der Waals surface area contributed by atoms with E-state index in [4.69, 9.17) is 9.47 Å². The first-order chi connectivity index (χ1) is 12.9. The summed E-state index contributed by atoms with van der Waals surface area (Å²) in [6, 6.07) is 5.01. The third kappa shape index (κ3) is 5.68. The summed E-state index contributed by atoms with van der Waals surface area (Å²) < 4.78 is 10.5. The van der Waals surface area contributed by atoms with Gasteiger partial charge in [0.15, 0.2) is 0 Å². The highest BCUT2D eigenvalue weighted by Gasteiger charge is 2.33. The Kier molecular flexibility index (Phi) is 7.62. The molecule has 2 rings (SSSR count). The Bertz CT molecular complexity index is 656. The van der Waals surface area contributed by atoms with Gasteiger partial charge in [0, 0.05) is 12.7 Å². The Balaban J connectivity index is 2.15. The van der Waals surface area contributed by atoms with Gasteiger partial charge in [-0.3, -0.25) is 4.79 Å². The second-order valence-corrected chi connectivity index (χ2v) is 6.98. The standard InChI is InChI=1S/C20H30N2O5/c1-4-5-12-27-17-7-6-15(13-16(17)19(24)26-3)22(2)18(23)14-20(25)8-10-21-11-9-20/h6-7,13,21,25H,4-5,8-12,14H2,1-3H3. The number of carbonyl (C=O) groups is 2. The molecule has 7 heteroatoms. The number of aliphatic hydroxyl groups is 1. The molecular weight excluding hydrogens is 348 g/mol. The van der Waals surface area contributed by atoms with E-state index >= 15 is 0 Å². The fourth-order valence-electron chi connectivity index (χ4n) is 3.06. The molecule has 2 N–H and O–H groups in total. The van der Waals surface area contributed by atoms with Crippen LogP contribution in [0.3, 0.4) is 0 Å². The summed E-state index contributed by atoms with van der Waals surface area (Å²) >= 11 is 0. The molecule has 1 heterocycles. The molecule has 0 aliphatic carbocycles. The lowest BCUT2D eigenvalue weighted by molar-refractivity contribution is -0.124. The molecule has 0 spiro atoms. The predicted octanol–water partition coefficient (Wildman–Crippen LogP) is 2.12. The largest absolute Gasteiger partial charge is 0.493 e. The lowest BCUT2D eigenvalue weighted by Crippen LogP contribution is -2.45. The molecule has 0 unspecified atom stereocenters. The number of benzene rings is 1. The van der Waals surface area contributed by atoms with E-state index in [1.807, 2.05) is 0 Å². The Morgan fingerprint density at radius 2 is 2.00 bits per heavy atom. The molecule has 1 saturated heterocycles. The van der Waals surface area contributed by atoms with E-state index < -0.39 is 11.6 Å². The Morgan fingerprint density at radius 3 is 2.63 bits per heavy atom. The number of piperidine rings is 1. The van der Waals surface area contributed by atoms with Gasteiger partial charge in [-0.1, -0.05) is 13.3 Å². The molecule has 0 aromatic heterocycles. The highest BCUT2D eigenvalue weighted by Crippen LogP contribution is 2.28. The average Bonchev–Trinajstić information content (AvgIpc) is 2.67. The fourth-order valence-corrected chi connectivity index (χ4v) is 3.06. The van der Waals surface area contributed by atoms with E-state index in [1.54, 1.807) is 25.2 Å². The van der Waals surface area contributed by atoms with E-state index in [9.17, 15) is 14.7 Å². The topological polar surface area (TPSA) is 88.1 Å². The van der Waals surface area contributed by atoms with Crippen LogP contribution >= 0.6 is 0 Å². The van der Waals surface area contributed by atoms with Gasteiger partial charge in [-0.25, -0.2) is 4.79 Å². The summed E-state index contributed by atoms with van der Waals surface area (Å²) in [6.07, 6.45) is 3.01. The van der Waals surface area contributed by atoms with Crippen molar-refractivity contribution >= 4 is 17.6 Å². The molecule has 1 aromatic rings. The van der Waals surface area contributed by atoms with Gasteiger partial charge in [0.05, 0.1) is 25.7 Å². The SMILES string of the molecule is CCCCOc1ccc(N(C)C(=O)CC2(O)CCNCC2)cc1C(=O)OC. The molecule has 1 aliphatic heterocycles. The van der Waals surface area contributed by atoms with Crippen molar-refractivity contribution in [2.45, 2.75) is 44.6 Å². The monoisotopic (exact) mass is 378 g/mol. The number of nitrogens with zero attached hydrogens (tertiary/aromatic N) is 1. The number of methoxy groups -OCH3 is 1. The van der Waals surface area contributed by atoms with Crippen molar-refractivity contribution in [3.8, 4) is 5.75 Å². The number of anilines is 1. The minimum atomic E-state index is -0.981. The van der Waals surface area contributed by atoms with Crippen LogP contribution in [0.2, 0.25) is 0 Å². The molecule has 0 saturated carbocycles. The second kappa shape index (κ2) is 9.71.